The highest BCUT2D eigenvalue weighted by atomic mass is 32.1. The van der Waals surface area contributed by atoms with Gasteiger partial charge >= 0.3 is 0 Å². The number of rotatable bonds is 3. The Balaban J connectivity index is 1.16. The van der Waals surface area contributed by atoms with Crippen molar-refractivity contribution in [2.75, 3.05) is 38.6 Å². The number of likely N-dealkylation sites (tertiary alicyclic amines) is 2. The van der Waals surface area contributed by atoms with E-state index in [0.717, 1.165) is 81.3 Å². The number of amides is 1. The number of hydrogen-bond donors (Lipinski definition) is 1. The lowest BCUT2D eigenvalue weighted by atomic mass is 9.77. The number of carbonyl (C=O) groups is 1. The van der Waals surface area contributed by atoms with Crippen LogP contribution in [0, 0.1) is 25.2 Å². The standard InChI is InChI=1S/C29H37N3O2S/c1-20-15-21(2)17-24(16-20)30-28(35)31-12-9-29(10-13-31)11-14-32(19-29)27(33)23-8-7-22-5-4-6-26(34-3)25(22)18-23/h4-6,15-17,23H,7-14,18-19H2,1-3H3,(H,30,35). The van der Waals surface area contributed by atoms with Crippen LogP contribution in [-0.4, -0.2) is 54.1 Å². The summed E-state index contributed by atoms with van der Waals surface area (Å²) in [6.07, 6.45) is 5.99. The average molecular weight is 492 g/mol. The van der Waals surface area contributed by atoms with Gasteiger partial charge in [-0.15, -0.1) is 0 Å². The fourth-order valence-corrected chi connectivity index (χ4v) is 6.68. The van der Waals surface area contributed by atoms with Crippen molar-refractivity contribution in [3.63, 3.8) is 0 Å². The number of methoxy groups -OCH3 is 1. The van der Waals surface area contributed by atoms with Gasteiger partial charge in [0.05, 0.1) is 7.11 Å². The molecule has 2 aromatic rings. The maximum absolute atomic E-state index is 13.5. The van der Waals surface area contributed by atoms with E-state index in [2.05, 4.69) is 59.3 Å². The largest absolute Gasteiger partial charge is 0.496 e. The fraction of sp³-hybridized carbons (Fsp3) is 0.517. The van der Waals surface area contributed by atoms with Crippen molar-refractivity contribution >= 4 is 28.9 Å². The third kappa shape index (κ3) is 5.04. The number of nitrogens with one attached hydrogen (secondary N) is 1. The number of benzene rings is 2. The van der Waals surface area contributed by atoms with Crippen LogP contribution in [0.3, 0.4) is 0 Å². The van der Waals surface area contributed by atoms with E-state index in [9.17, 15) is 4.79 Å². The SMILES string of the molecule is COc1cccc2c1CC(C(=O)N1CCC3(CCN(C(=S)Nc4cc(C)cc(C)c4)CC3)C1)CC2. The summed E-state index contributed by atoms with van der Waals surface area (Å²) in [4.78, 5) is 18.0. The number of anilines is 1. The van der Waals surface area contributed by atoms with Gasteiger partial charge in [-0.1, -0.05) is 18.2 Å². The van der Waals surface area contributed by atoms with Crippen LogP contribution in [-0.2, 0) is 17.6 Å². The molecule has 6 heteroatoms. The molecule has 2 aliphatic heterocycles. The fourth-order valence-electron chi connectivity index (χ4n) is 6.38. The normalized spacial score (nSPS) is 21.1. The minimum absolute atomic E-state index is 0.0728. The summed E-state index contributed by atoms with van der Waals surface area (Å²) >= 11 is 5.75. The van der Waals surface area contributed by atoms with Crippen LogP contribution < -0.4 is 10.1 Å². The molecule has 1 atom stereocenters. The quantitative estimate of drug-likeness (QED) is 0.603. The number of nitrogens with zero attached hydrogens (tertiary/aromatic N) is 2. The molecule has 5 rings (SSSR count). The molecule has 0 aromatic heterocycles. The van der Waals surface area contributed by atoms with E-state index in [0.29, 0.717) is 5.91 Å². The molecule has 5 nitrogen and oxygen atoms in total. The monoisotopic (exact) mass is 491 g/mol. The molecular formula is C29H37N3O2S. The molecule has 3 aliphatic rings. The summed E-state index contributed by atoms with van der Waals surface area (Å²) in [5.41, 5.74) is 6.35. The number of fused-ring (bicyclic) bond motifs is 1. The van der Waals surface area contributed by atoms with E-state index in [1.807, 2.05) is 6.07 Å². The molecule has 1 spiro atoms. The maximum atomic E-state index is 13.5. The Labute approximate surface area is 214 Å². The predicted octanol–water partition coefficient (Wildman–Crippen LogP) is 5.13. The number of aryl methyl sites for hydroxylation is 3. The molecule has 35 heavy (non-hydrogen) atoms. The Kier molecular flexibility index (Phi) is 6.75. The summed E-state index contributed by atoms with van der Waals surface area (Å²) in [6, 6.07) is 12.7. The van der Waals surface area contributed by atoms with Gasteiger partial charge in [0.2, 0.25) is 5.91 Å². The molecule has 2 saturated heterocycles. The van der Waals surface area contributed by atoms with Crippen LogP contribution in [0.25, 0.3) is 0 Å². The summed E-state index contributed by atoms with van der Waals surface area (Å²) in [5, 5.41) is 4.25. The first-order valence-electron chi connectivity index (χ1n) is 12.9. The molecule has 2 heterocycles. The molecule has 0 saturated carbocycles. The van der Waals surface area contributed by atoms with Gasteiger partial charge in [0.1, 0.15) is 5.75 Å². The summed E-state index contributed by atoms with van der Waals surface area (Å²) < 4.78 is 5.59. The Morgan fingerprint density at radius 2 is 1.74 bits per heavy atom. The Bertz CT molecular complexity index is 1090. The number of ether oxygens (including phenoxy) is 1. The van der Waals surface area contributed by atoms with E-state index >= 15 is 0 Å². The van der Waals surface area contributed by atoms with E-state index in [1.54, 1.807) is 7.11 Å². The molecule has 0 radical (unpaired) electrons. The molecule has 1 unspecified atom stereocenters. The van der Waals surface area contributed by atoms with Gasteiger partial charge in [0, 0.05) is 37.8 Å². The lowest BCUT2D eigenvalue weighted by Crippen LogP contribution is -2.46. The topological polar surface area (TPSA) is 44.8 Å². The first-order valence-corrected chi connectivity index (χ1v) is 13.3. The second-order valence-electron chi connectivity index (χ2n) is 10.8. The van der Waals surface area contributed by atoms with Crippen molar-refractivity contribution in [2.24, 2.45) is 11.3 Å². The van der Waals surface area contributed by atoms with Crippen LogP contribution >= 0.6 is 12.2 Å². The number of hydrogen-bond acceptors (Lipinski definition) is 3. The van der Waals surface area contributed by atoms with Crippen LogP contribution in [0.1, 0.15) is 47.9 Å². The number of thiocarbonyl (C=S) groups is 1. The van der Waals surface area contributed by atoms with E-state index in [4.69, 9.17) is 17.0 Å². The third-order valence-corrected chi connectivity index (χ3v) is 8.71. The van der Waals surface area contributed by atoms with Gasteiger partial charge < -0.3 is 19.9 Å². The van der Waals surface area contributed by atoms with Crippen LogP contribution in [0.4, 0.5) is 5.69 Å². The maximum Gasteiger partial charge on any atom is 0.226 e. The zero-order valence-corrected chi connectivity index (χ0v) is 22.0. The average Bonchev–Trinajstić information content (AvgIpc) is 3.26. The number of piperidine rings is 1. The van der Waals surface area contributed by atoms with Crippen molar-refractivity contribution in [3.05, 3.63) is 58.7 Å². The van der Waals surface area contributed by atoms with Gasteiger partial charge in [-0.25, -0.2) is 0 Å². The molecule has 186 valence electrons. The molecule has 1 N–H and O–H groups in total. The lowest BCUT2D eigenvalue weighted by molar-refractivity contribution is -0.135. The van der Waals surface area contributed by atoms with Crippen molar-refractivity contribution in [1.29, 1.82) is 0 Å². The highest BCUT2D eigenvalue weighted by Crippen LogP contribution is 2.42. The zero-order chi connectivity index (χ0) is 24.6. The van der Waals surface area contributed by atoms with Gasteiger partial charge in [0.25, 0.3) is 0 Å². The molecule has 0 bridgehead atoms. The number of carbonyl (C=O) groups excluding carboxylic acids is 1. The first kappa shape index (κ1) is 24.1. The summed E-state index contributed by atoms with van der Waals surface area (Å²) in [5.74, 6) is 1.34. The van der Waals surface area contributed by atoms with Gasteiger partial charge in [-0.3, -0.25) is 4.79 Å². The lowest BCUT2D eigenvalue weighted by Gasteiger charge is -2.40. The predicted molar refractivity (Wildman–Crippen MR) is 145 cm³/mol. The van der Waals surface area contributed by atoms with E-state index in [-0.39, 0.29) is 11.3 Å². The van der Waals surface area contributed by atoms with Crippen molar-refractivity contribution < 1.29 is 9.53 Å². The van der Waals surface area contributed by atoms with Crippen molar-refractivity contribution in [3.8, 4) is 5.75 Å². The second-order valence-corrected chi connectivity index (χ2v) is 11.2. The third-order valence-electron chi connectivity index (χ3n) is 8.35. The van der Waals surface area contributed by atoms with Crippen LogP contribution in [0.15, 0.2) is 36.4 Å². The summed E-state index contributed by atoms with van der Waals surface area (Å²) in [6.45, 7) is 7.91. The van der Waals surface area contributed by atoms with Crippen molar-refractivity contribution in [2.45, 2.75) is 52.4 Å². The molecule has 1 amide bonds. The van der Waals surface area contributed by atoms with Gasteiger partial charge in [-0.2, -0.15) is 0 Å². The minimum Gasteiger partial charge on any atom is -0.496 e. The Morgan fingerprint density at radius 1 is 1.06 bits per heavy atom. The summed E-state index contributed by atoms with van der Waals surface area (Å²) in [7, 11) is 1.72. The second kappa shape index (κ2) is 9.81. The smallest absolute Gasteiger partial charge is 0.226 e. The molecule has 2 fully saturated rings. The van der Waals surface area contributed by atoms with Crippen LogP contribution in [0.2, 0.25) is 0 Å². The zero-order valence-electron chi connectivity index (χ0n) is 21.2. The molecule has 2 aromatic carbocycles. The Hall–Kier alpha value is -2.60. The van der Waals surface area contributed by atoms with Crippen molar-refractivity contribution in [1.82, 2.24) is 9.80 Å². The highest BCUT2D eigenvalue weighted by molar-refractivity contribution is 7.80. The van der Waals surface area contributed by atoms with Gasteiger partial charge in [0.15, 0.2) is 5.11 Å². The van der Waals surface area contributed by atoms with E-state index in [1.165, 1.54) is 22.3 Å². The highest BCUT2D eigenvalue weighted by Gasteiger charge is 2.43. The van der Waals surface area contributed by atoms with Gasteiger partial charge in [-0.05, 0) is 110 Å². The molecular weight excluding hydrogens is 454 g/mol. The molecule has 1 aliphatic carbocycles. The van der Waals surface area contributed by atoms with Crippen LogP contribution in [0.5, 0.6) is 5.75 Å². The first-order chi connectivity index (χ1) is 16.9. The van der Waals surface area contributed by atoms with E-state index < -0.39 is 0 Å². The Morgan fingerprint density at radius 3 is 2.43 bits per heavy atom. The minimum atomic E-state index is 0.0728.